The van der Waals surface area contributed by atoms with Gasteiger partial charge in [-0.15, -0.1) is 0 Å². The summed E-state index contributed by atoms with van der Waals surface area (Å²) >= 11 is 0. The van der Waals surface area contributed by atoms with Gasteiger partial charge in [-0.1, -0.05) is 35.5 Å². The standard InChI is InChI=1S/C19H16N2O4/c1-13(22)24-17-6-4-3-5-16(17)19-20-18(21-25-19)12-9-14-7-10-15(23-2)11-8-14/h3-12H,1-2H3/b12-9+. The molecule has 0 amide bonds. The number of para-hydroxylation sites is 1. The van der Waals surface area contributed by atoms with Crippen LogP contribution in [0.5, 0.6) is 11.5 Å². The second kappa shape index (κ2) is 7.44. The summed E-state index contributed by atoms with van der Waals surface area (Å²) in [6.07, 6.45) is 3.61. The number of hydrogen-bond acceptors (Lipinski definition) is 6. The van der Waals surface area contributed by atoms with E-state index in [1.165, 1.54) is 6.92 Å². The Kier molecular flexibility index (Phi) is 4.89. The molecule has 0 bridgehead atoms. The van der Waals surface area contributed by atoms with Crippen molar-refractivity contribution in [3.63, 3.8) is 0 Å². The average molecular weight is 336 g/mol. The molecule has 0 N–H and O–H groups in total. The van der Waals surface area contributed by atoms with Crippen LogP contribution in [0, 0.1) is 0 Å². The average Bonchev–Trinajstić information content (AvgIpc) is 3.09. The highest BCUT2D eigenvalue weighted by Gasteiger charge is 2.13. The van der Waals surface area contributed by atoms with Crippen LogP contribution >= 0.6 is 0 Å². The van der Waals surface area contributed by atoms with Gasteiger partial charge in [0.05, 0.1) is 12.7 Å². The number of carbonyl (C=O) groups is 1. The quantitative estimate of drug-likeness (QED) is 0.520. The maximum Gasteiger partial charge on any atom is 0.308 e. The van der Waals surface area contributed by atoms with Gasteiger partial charge >= 0.3 is 5.97 Å². The predicted molar refractivity (Wildman–Crippen MR) is 93.0 cm³/mol. The smallest absolute Gasteiger partial charge is 0.308 e. The van der Waals surface area contributed by atoms with Gasteiger partial charge in [0.25, 0.3) is 5.89 Å². The Morgan fingerprint density at radius 2 is 1.84 bits per heavy atom. The van der Waals surface area contributed by atoms with Crippen LogP contribution in [0.15, 0.2) is 53.1 Å². The summed E-state index contributed by atoms with van der Waals surface area (Å²) in [6, 6.07) is 14.6. The molecule has 0 radical (unpaired) electrons. The minimum Gasteiger partial charge on any atom is -0.497 e. The molecule has 3 rings (SSSR count). The van der Waals surface area contributed by atoms with Gasteiger partial charge in [0.15, 0.2) is 5.82 Å². The second-order valence-corrected chi connectivity index (χ2v) is 5.15. The van der Waals surface area contributed by atoms with Crippen LogP contribution in [-0.4, -0.2) is 23.2 Å². The van der Waals surface area contributed by atoms with Crippen LogP contribution in [0.25, 0.3) is 23.6 Å². The van der Waals surface area contributed by atoms with Crippen molar-refractivity contribution in [1.82, 2.24) is 10.1 Å². The molecule has 126 valence electrons. The molecule has 0 aliphatic rings. The van der Waals surface area contributed by atoms with Crippen LogP contribution in [-0.2, 0) is 4.79 Å². The first-order chi connectivity index (χ1) is 12.2. The zero-order valence-corrected chi connectivity index (χ0v) is 13.8. The number of benzene rings is 2. The number of hydrogen-bond donors (Lipinski definition) is 0. The summed E-state index contributed by atoms with van der Waals surface area (Å²) in [7, 11) is 1.62. The first kappa shape index (κ1) is 16.4. The first-order valence-corrected chi connectivity index (χ1v) is 7.59. The number of methoxy groups -OCH3 is 1. The van der Waals surface area contributed by atoms with Crippen LogP contribution in [0.1, 0.15) is 18.3 Å². The van der Waals surface area contributed by atoms with Crippen LogP contribution < -0.4 is 9.47 Å². The molecule has 0 saturated carbocycles. The Bertz CT molecular complexity index is 898. The van der Waals surface area contributed by atoms with E-state index >= 15 is 0 Å². The number of rotatable bonds is 5. The molecular formula is C19H16N2O4. The minimum absolute atomic E-state index is 0.284. The molecule has 0 aliphatic carbocycles. The Balaban J connectivity index is 1.80. The van der Waals surface area contributed by atoms with Gasteiger partial charge in [0.1, 0.15) is 11.5 Å². The molecule has 0 unspecified atom stereocenters. The van der Waals surface area contributed by atoms with Crippen LogP contribution in [0.2, 0.25) is 0 Å². The lowest BCUT2D eigenvalue weighted by Crippen LogP contribution is -2.02. The van der Waals surface area contributed by atoms with Gasteiger partial charge in [-0.05, 0) is 35.9 Å². The summed E-state index contributed by atoms with van der Waals surface area (Å²) < 4.78 is 15.6. The molecule has 1 aromatic heterocycles. The third-order valence-corrected chi connectivity index (χ3v) is 3.35. The maximum atomic E-state index is 11.2. The van der Waals surface area contributed by atoms with E-state index in [1.54, 1.807) is 37.5 Å². The van der Waals surface area contributed by atoms with Gasteiger partial charge < -0.3 is 14.0 Å². The number of nitrogens with zero attached hydrogens (tertiary/aromatic N) is 2. The lowest BCUT2D eigenvalue weighted by Gasteiger charge is -2.04. The van der Waals surface area contributed by atoms with Crippen molar-refractivity contribution in [2.75, 3.05) is 7.11 Å². The van der Waals surface area contributed by atoms with Gasteiger partial charge in [-0.25, -0.2) is 0 Å². The molecule has 6 heteroatoms. The summed E-state index contributed by atoms with van der Waals surface area (Å²) in [6.45, 7) is 1.34. The molecule has 0 atom stereocenters. The van der Waals surface area contributed by atoms with Crippen molar-refractivity contribution in [1.29, 1.82) is 0 Å². The fraction of sp³-hybridized carbons (Fsp3) is 0.105. The topological polar surface area (TPSA) is 74.5 Å². The van der Waals surface area contributed by atoms with E-state index < -0.39 is 5.97 Å². The van der Waals surface area contributed by atoms with E-state index in [0.29, 0.717) is 17.1 Å². The van der Waals surface area contributed by atoms with E-state index in [1.807, 2.05) is 30.3 Å². The summed E-state index contributed by atoms with van der Waals surface area (Å²) in [5.41, 5.74) is 1.54. The van der Waals surface area contributed by atoms with E-state index in [4.69, 9.17) is 14.0 Å². The molecule has 3 aromatic rings. The van der Waals surface area contributed by atoms with E-state index in [2.05, 4.69) is 10.1 Å². The highest BCUT2D eigenvalue weighted by molar-refractivity contribution is 5.74. The van der Waals surface area contributed by atoms with Gasteiger partial charge in [0, 0.05) is 6.92 Å². The minimum atomic E-state index is -0.411. The zero-order chi connectivity index (χ0) is 17.6. The molecule has 0 aliphatic heterocycles. The number of carbonyl (C=O) groups excluding carboxylic acids is 1. The van der Waals surface area contributed by atoms with Crippen molar-refractivity contribution in [2.45, 2.75) is 6.92 Å². The molecule has 0 spiro atoms. The highest BCUT2D eigenvalue weighted by atomic mass is 16.5. The largest absolute Gasteiger partial charge is 0.497 e. The molecular weight excluding hydrogens is 320 g/mol. The molecule has 0 saturated heterocycles. The van der Waals surface area contributed by atoms with E-state index in [9.17, 15) is 4.79 Å². The molecule has 2 aromatic carbocycles. The Labute approximate surface area is 144 Å². The normalized spacial score (nSPS) is 10.8. The third-order valence-electron chi connectivity index (χ3n) is 3.35. The molecule has 1 heterocycles. The lowest BCUT2D eigenvalue weighted by atomic mass is 10.2. The van der Waals surface area contributed by atoms with Gasteiger partial charge in [-0.3, -0.25) is 4.79 Å². The zero-order valence-electron chi connectivity index (χ0n) is 13.8. The molecule has 25 heavy (non-hydrogen) atoms. The third kappa shape index (κ3) is 4.11. The van der Waals surface area contributed by atoms with Crippen LogP contribution in [0.3, 0.4) is 0 Å². The predicted octanol–water partition coefficient (Wildman–Crippen LogP) is 3.84. The maximum absolute atomic E-state index is 11.2. The Morgan fingerprint density at radius 1 is 1.08 bits per heavy atom. The molecule has 6 nitrogen and oxygen atoms in total. The number of esters is 1. The first-order valence-electron chi connectivity index (χ1n) is 7.59. The molecule has 0 fully saturated rings. The number of aromatic nitrogens is 2. The monoisotopic (exact) mass is 336 g/mol. The second-order valence-electron chi connectivity index (χ2n) is 5.15. The van der Waals surface area contributed by atoms with E-state index in [-0.39, 0.29) is 5.89 Å². The SMILES string of the molecule is COc1ccc(/C=C/c2noc(-c3ccccc3OC(C)=O)n2)cc1. The van der Waals surface area contributed by atoms with Gasteiger partial charge in [-0.2, -0.15) is 4.98 Å². The van der Waals surface area contributed by atoms with Crippen molar-refractivity contribution in [3.05, 3.63) is 59.9 Å². The van der Waals surface area contributed by atoms with Crippen molar-refractivity contribution >= 4 is 18.1 Å². The van der Waals surface area contributed by atoms with Crippen molar-refractivity contribution in [2.24, 2.45) is 0 Å². The highest BCUT2D eigenvalue weighted by Crippen LogP contribution is 2.28. The van der Waals surface area contributed by atoms with Crippen molar-refractivity contribution < 1.29 is 18.8 Å². The fourth-order valence-corrected chi connectivity index (χ4v) is 2.18. The number of ether oxygens (including phenoxy) is 2. The van der Waals surface area contributed by atoms with Crippen molar-refractivity contribution in [3.8, 4) is 23.0 Å². The van der Waals surface area contributed by atoms with E-state index in [0.717, 1.165) is 11.3 Å². The summed E-state index contributed by atoms with van der Waals surface area (Å²) in [4.78, 5) is 15.5. The Hall–Kier alpha value is -3.41. The Morgan fingerprint density at radius 3 is 2.56 bits per heavy atom. The van der Waals surface area contributed by atoms with Gasteiger partial charge in [0.2, 0.25) is 0 Å². The lowest BCUT2D eigenvalue weighted by molar-refractivity contribution is -0.131. The fourth-order valence-electron chi connectivity index (χ4n) is 2.18. The summed E-state index contributed by atoms with van der Waals surface area (Å²) in [5, 5.41) is 3.92. The summed E-state index contributed by atoms with van der Waals surface area (Å²) in [5.74, 6) is 1.46. The van der Waals surface area contributed by atoms with Crippen LogP contribution in [0.4, 0.5) is 0 Å².